The molecule has 2 atom stereocenters. The summed E-state index contributed by atoms with van der Waals surface area (Å²) in [7, 11) is -2.41. The summed E-state index contributed by atoms with van der Waals surface area (Å²) in [6.45, 7) is 11.8. The molecule has 0 saturated carbocycles. The zero-order chi connectivity index (χ0) is 15.4. The minimum Gasteiger partial charge on any atom is -0.393 e. The summed E-state index contributed by atoms with van der Waals surface area (Å²) in [4.78, 5) is 0. The topological polar surface area (TPSA) is 47.9 Å². The first kappa shape index (κ1) is 20.1. The van der Waals surface area contributed by atoms with Crippen LogP contribution in [0.15, 0.2) is 0 Å². The van der Waals surface area contributed by atoms with Crippen LogP contribution in [0.5, 0.6) is 0 Å². The highest BCUT2D eigenvalue weighted by molar-refractivity contribution is 6.67. The molecule has 0 aliphatic carbocycles. The van der Waals surface area contributed by atoms with Crippen molar-refractivity contribution in [3.8, 4) is 0 Å². The van der Waals surface area contributed by atoms with E-state index >= 15 is 0 Å². The SMILES string of the molecule is CCCCO[Si](C)(OCCCC)C(CC)OC(O)CC. The van der Waals surface area contributed by atoms with Gasteiger partial charge in [-0.05, 0) is 32.2 Å². The van der Waals surface area contributed by atoms with Crippen molar-refractivity contribution in [1.29, 1.82) is 0 Å². The molecule has 20 heavy (non-hydrogen) atoms. The Balaban J connectivity index is 4.65. The highest BCUT2D eigenvalue weighted by Crippen LogP contribution is 2.21. The first-order chi connectivity index (χ1) is 9.53. The summed E-state index contributed by atoms with van der Waals surface area (Å²) in [5.41, 5.74) is -0.119. The number of hydrogen-bond donors (Lipinski definition) is 1. The molecule has 2 unspecified atom stereocenters. The molecule has 0 rings (SSSR count). The van der Waals surface area contributed by atoms with Gasteiger partial charge in [-0.1, -0.05) is 40.5 Å². The molecular formula is C15H34O4Si. The van der Waals surface area contributed by atoms with Crippen LogP contribution in [-0.2, 0) is 13.6 Å². The van der Waals surface area contributed by atoms with Crippen LogP contribution in [-0.4, -0.2) is 38.9 Å². The fraction of sp³-hybridized carbons (Fsp3) is 1.00. The lowest BCUT2D eigenvalue weighted by Gasteiger charge is -2.35. The van der Waals surface area contributed by atoms with E-state index < -0.39 is 14.9 Å². The summed E-state index contributed by atoms with van der Waals surface area (Å²) in [6, 6.07) is 0. The quantitative estimate of drug-likeness (QED) is 0.320. The molecule has 0 bridgehead atoms. The van der Waals surface area contributed by atoms with Crippen LogP contribution in [0.4, 0.5) is 0 Å². The first-order valence-electron chi connectivity index (χ1n) is 8.15. The molecule has 0 spiro atoms. The minimum absolute atomic E-state index is 0.119. The molecular weight excluding hydrogens is 272 g/mol. The fourth-order valence-corrected chi connectivity index (χ4v) is 4.64. The second-order valence-corrected chi connectivity index (χ2v) is 8.57. The van der Waals surface area contributed by atoms with E-state index in [2.05, 4.69) is 27.3 Å². The zero-order valence-corrected chi connectivity index (χ0v) is 15.0. The van der Waals surface area contributed by atoms with Crippen molar-refractivity contribution in [2.75, 3.05) is 13.2 Å². The average molecular weight is 307 g/mol. The van der Waals surface area contributed by atoms with Crippen molar-refractivity contribution in [2.45, 2.75) is 84.8 Å². The summed E-state index contributed by atoms with van der Waals surface area (Å²) in [5, 5.41) is 9.75. The third kappa shape index (κ3) is 7.74. The Morgan fingerprint density at radius 2 is 1.40 bits per heavy atom. The van der Waals surface area contributed by atoms with Crippen LogP contribution in [0.2, 0.25) is 6.55 Å². The molecule has 0 aliphatic heterocycles. The molecule has 0 saturated heterocycles. The molecule has 5 heteroatoms. The molecule has 0 heterocycles. The molecule has 4 nitrogen and oxygen atoms in total. The Bertz CT molecular complexity index is 216. The molecule has 0 amide bonds. The molecule has 0 aliphatic rings. The lowest BCUT2D eigenvalue weighted by molar-refractivity contribution is -0.127. The van der Waals surface area contributed by atoms with E-state index in [0.717, 1.165) is 32.1 Å². The molecule has 0 fully saturated rings. The standard InChI is InChI=1S/C15H34O4Si/c1-6-10-12-17-20(5,18-13-11-7-2)15(9-4)19-14(16)8-3/h14-16H,6-13H2,1-5H3. The van der Waals surface area contributed by atoms with Crippen molar-refractivity contribution in [1.82, 2.24) is 0 Å². The number of hydrogen-bond acceptors (Lipinski definition) is 4. The van der Waals surface area contributed by atoms with Crippen molar-refractivity contribution in [2.24, 2.45) is 0 Å². The van der Waals surface area contributed by atoms with Crippen LogP contribution in [0.25, 0.3) is 0 Å². The van der Waals surface area contributed by atoms with Gasteiger partial charge in [0.05, 0.1) is 0 Å². The molecule has 0 aromatic carbocycles. The van der Waals surface area contributed by atoms with Crippen LogP contribution < -0.4 is 0 Å². The van der Waals surface area contributed by atoms with E-state index in [9.17, 15) is 5.11 Å². The Hall–Kier alpha value is 0.0569. The van der Waals surface area contributed by atoms with Gasteiger partial charge in [0.1, 0.15) is 5.73 Å². The zero-order valence-electron chi connectivity index (χ0n) is 14.0. The summed E-state index contributed by atoms with van der Waals surface area (Å²) >= 11 is 0. The van der Waals surface area contributed by atoms with E-state index in [4.69, 9.17) is 13.6 Å². The number of ether oxygens (including phenoxy) is 1. The lowest BCUT2D eigenvalue weighted by Crippen LogP contribution is -2.53. The Labute approximate surface area is 126 Å². The van der Waals surface area contributed by atoms with Gasteiger partial charge in [-0.15, -0.1) is 0 Å². The van der Waals surface area contributed by atoms with Gasteiger partial charge in [-0.25, -0.2) is 0 Å². The third-order valence-electron chi connectivity index (χ3n) is 3.40. The molecule has 0 aromatic rings. The maximum atomic E-state index is 9.75. The van der Waals surface area contributed by atoms with Gasteiger partial charge in [0.2, 0.25) is 0 Å². The monoisotopic (exact) mass is 306 g/mol. The second kappa shape index (κ2) is 11.7. The number of rotatable bonds is 13. The van der Waals surface area contributed by atoms with Gasteiger partial charge in [-0.2, -0.15) is 0 Å². The number of aliphatic hydroxyl groups excluding tert-OH is 1. The molecule has 122 valence electrons. The normalized spacial score (nSPS) is 15.3. The highest BCUT2D eigenvalue weighted by Gasteiger charge is 2.42. The van der Waals surface area contributed by atoms with Crippen molar-refractivity contribution < 1.29 is 18.7 Å². The number of aliphatic hydroxyl groups is 1. The van der Waals surface area contributed by atoms with E-state index in [1.165, 1.54) is 0 Å². The highest BCUT2D eigenvalue weighted by atomic mass is 28.4. The van der Waals surface area contributed by atoms with Crippen molar-refractivity contribution >= 4 is 8.56 Å². The number of unbranched alkanes of at least 4 members (excludes halogenated alkanes) is 2. The average Bonchev–Trinajstić information content (AvgIpc) is 2.44. The van der Waals surface area contributed by atoms with Crippen LogP contribution in [0.1, 0.15) is 66.2 Å². The van der Waals surface area contributed by atoms with Gasteiger partial charge in [0.25, 0.3) is 0 Å². The third-order valence-corrected chi connectivity index (χ3v) is 6.67. The Morgan fingerprint density at radius 1 is 0.900 bits per heavy atom. The predicted octanol–water partition coefficient (Wildman–Crippen LogP) is 3.75. The van der Waals surface area contributed by atoms with Gasteiger partial charge in [0.15, 0.2) is 6.29 Å². The van der Waals surface area contributed by atoms with E-state index in [1.54, 1.807) is 0 Å². The van der Waals surface area contributed by atoms with Crippen molar-refractivity contribution in [3.05, 3.63) is 0 Å². The van der Waals surface area contributed by atoms with Gasteiger partial charge < -0.3 is 18.7 Å². The fourth-order valence-electron chi connectivity index (χ4n) is 1.94. The predicted molar refractivity (Wildman–Crippen MR) is 84.8 cm³/mol. The minimum atomic E-state index is -2.41. The lowest BCUT2D eigenvalue weighted by atomic mass is 10.4. The van der Waals surface area contributed by atoms with Gasteiger partial charge in [-0.3, -0.25) is 0 Å². The molecule has 0 radical (unpaired) electrons. The largest absolute Gasteiger partial charge is 0.393 e. The van der Waals surface area contributed by atoms with Crippen LogP contribution >= 0.6 is 0 Å². The van der Waals surface area contributed by atoms with E-state index in [0.29, 0.717) is 19.6 Å². The van der Waals surface area contributed by atoms with E-state index in [-0.39, 0.29) is 5.73 Å². The van der Waals surface area contributed by atoms with Crippen molar-refractivity contribution in [3.63, 3.8) is 0 Å². The van der Waals surface area contributed by atoms with E-state index in [1.807, 2.05) is 6.92 Å². The van der Waals surface area contributed by atoms with Crippen LogP contribution in [0, 0.1) is 0 Å². The summed E-state index contributed by atoms with van der Waals surface area (Å²) in [5.74, 6) is 0. The Morgan fingerprint density at radius 3 is 1.75 bits per heavy atom. The summed E-state index contributed by atoms with van der Waals surface area (Å²) in [6.07, 6.45) is 4.95. The van der Waals surface area contributed by atoms with Gasteiger partial charge in [0, 0.05) is 13.2 Å². The summed E-state index contributed by atoms with van der Waals surface area (Å²) < 4.78 is 17.9. The molecule has 0 aromatic heterocycles. The first-order valence-corrected chi connectivity index (χ1v) is 10.5. The Kier molecular flexibility index (Phi) is 11.7. The molecule has 1 N–H and O–H groups in total. The van der Waals surface area contributed by atoms with Gasteiger partial charge >= 0.3 is 8.56 Å². The smallest absolute Gasteiger partial charge is 0.364 e. The van der Waals surface area contributed by atoms with Crippen LogP contribution in [0.3, 0.4) is 0 Å². The second-order valence-electron chi connectivity index (χ2n) is 5.32. The maximum absolute atomic E-state index is 9.75. The maximum Gasteiger partial charge on any atom is 0.364 e.